The molecule has 2 aromatic carbocycles. The highest BCUT2D eigenvalue weighted by atomic mass is 16.5. The molecule has 1 heterocycles. The number of piperidine rings is 1. The van der Waals surface area contributed by atoms with Crippen LogP contribution in [0, 0.1) is 26.7 Å². The van der Waals surface area contributed by atoms with Crippen molar-refractivity contribution in [3.05, 3.63) is 58.1 Å². The number of esters is 1. The van der Waals surface area contributed by atoms with Crippen LogP contribution >= 0.6 is 0 Å². The van der Waals surface area contributed by atoms with Crippen molar-refractivity contribution in [2.24, 2.45) is 5.92 Å². The van der Waals surface area contributed by atoms with Gasteiger partial charge < -0.3 is 19.1 Å². The van der Waals surface area contributed by atoms with E-state index in [2.05, 4.69) is 13.0 Å². The van der Waals surface area contributed by atoms with Crippen molar-refractivity contribution in [1.82, 2.24) is 4.90 Å². The van der Waals surface area contributed by atoms with Gasteiger partial charge in [0, 0.05) is 24.2 Å². The lowest BCUT2D eigenvalue weighted by molar-refractivity contribution is -0.149. The lowest BCUT2D eigenvalue weighted by Gasteiger charge is -2.31. The number of ether oxygens (including phenoxy) is 3. The van der Waals surface area contributed by atoms with Crippen LogP contribution in [-0.2, 0) is 16.1 Å². The van der Waals surface area contributed by atoms with E-state index in [9.17, 15) is 9.59 Å². The fourth-order valence-corrected chi connectivity index (χ4v) is 4.09. The maximum Gasteiger partial charge on any atom is 0.309 e. The minimum Gasteiger partial charge on any atom is -0.496 e. The van der Waals surface area contributed by atoms with Gasteiger partial charge in [-0.05, 0) is 81.5 Å². The van der Waals surface area contributed by atoms with Gasteiger partial charge in [0.25, 0.3) is 5.91 Å². The third-order valence-corrected chi connectivity index (χ3v) is 6.08. The summed E-state index contributed by atoms with van der Waals surface area (Å²) in [7, 11) is 1.61. The van der Waals surface area contributed by atoms with E-state index < -0.39 is 0 Å². The van der Waals surface area contributed by atoms with Crippen LogP contribution in [-0.4, -0.2) is 43.6 Å². The number of rotatable bonds is 7. The summed E-state index contributed by atoms with van der Waals surface area (Å²) in [5, 5.41) is 0. The van der Waals surface area contributed by atoms with Gasteiger partial charge in [-0.2, -0.15) is 0 Å². The molecule has 0 spiro atoms. The SMILES string of the molecule is CCOC(=O)C1CCN(C(=O)c2ccc(OC)c(COc3cc(C)cc(C)c3C)c2)CC1. The van der Waals surface area contributed by atoms with E-state index in [0.29, 0.717) is 50.5 Å². The number of hydrogen-bond acceptors (Lipinski definition) is 5. The summed E-state index contributed by atoms with van der Waals surface area (Å²) < 4.78 is 16.7. The summed E-state index contributed by atoms with van der Waals surface area (Å²) in [5.41, 5.74) is 4.84. The Morgan fingerprint density at radius 2 is 1.75 bits per heavy atom. The van der Waals surface area contributed by atoms with Crippen molar-refractivity contribution < 1.29 is 23.8 Å². The molecular weight excluding hydrogens is 406 g/mol. The molecule has 2 aromatic rings. The van der Waals surface area contributed by atoms with Crippen LogP contribution in [0.4, 0.5) is 0 Å². The number of nitrogens with zero attached hydrogens (tertiary/aromatic N) is 1. The minimum atomic E-state index is -0.162. The number of methoxy groups -OCH3 is 1. The molecule has 1 aliphatic rings. The zero-order valence-electron chi connectivity index (χ0n) is 19.7. The average molecular weight is 440 g/mol. The summed E-state index contributed by atoms with van der Waals surface area (Å²) >= 11 is 0. The Bertz CT molecular complexity index is 976. The number of carbonyl (C=O) groups is 2. The maximum absolute atomic E-state index is 13.1. The van der Waals surface area contributed by atoms with Crippen molar-refractivity contribution in [2.45, 2.75) is 47.1 Å². The smallest absolute Gasteiger partial charge is 0.309 e. The summed E-state index contributed by atoms with van der Waals surface area (Å²) in [6.07, 6.45) is 1.26. The summed E-state index contributed by atoms with van der Waals surface area (Å²) in [4.78, 5) is 26.9. The Morgan fingerprint density at radius 1 is 1.03 bits per heavy atom. The standard InChI is InChI=1S/C26H33NO5/c1-6-31-26(29)20-9-11-27(12-10-20)25(28)21-7-8-23(30-5)22(15-21)16-32-24-14-17(2)13-18(3)19(24)4/h7-8,13-15,20H,6,9-12,16H2,1-5H3. The predicted molar refractivity (Wildman–Crippen MR) is 123 cm³/mol. The lowest BCUT2D eigenvalue weighted by Crippen LogP contribution is -2.40. The second-order valence-corrected chi connectivity index (χ2v) is 8.34. The van der Waals surface area contributed by atoms with Gasteiger partial charge in [0.2, 0.25) is 0 Å². The summed E-state index contributed by atoms with van der Waals surface area (Å²) in [5.74, 6) is 1.19. The van der Waals surface area contributed by atoms with Gasteiger partial charge >= 0.3 is 5.97 Å². The molecule has 32 heavy (non-hydrogen) atoms. The third kappa shape index (κ3) is 5.42. The molecule has 3 rings (SSSR count). The molecule has 1 fully saturated rings. The van der Waals surface area contributed by atoms with Crippen molar-refractivity contribution in [3.63, 3.8) is 0 Å². The molecule has 0 unspecified atom stereocenters. The first kappa shape index (κ1) is 23.6. The molecule has 6 heteroatoms. The monoisotopic (exact) mass is 439 g/mol. The van der Waals surface area contributed by atoms with Crippen LogP contribution in [0.5, 0.6) is 11.5 Å². The largest absolute Gasteiger partial charge is 0.496 e. The van der Waals surface area contributed by atoms with Crippen LogP contribution in [0.15, 0.2) is 30.3 Å². The Kier molecular flexibility index (Phi) is 7.78. The molecular formula is C26H33NO5. The normalized spacial score (nSPS) is 14.2. The highest BCUT2D eigenvalue weighted by Gasteiger charge is 2.29. The highest BCUT2D eigenvalue weighted by Crippen LogP contribution is 2.28. The Balaban J connectivity index is 1.71. The Labute approximate surface area is 190 Å². The molecule has 1 saturated heterocycles. The second kappa shape index (κ2) is 10.5. The van der Waals surface area contributed by atoms with Gasteiger partial charge in [-0.3, -0.25) is 9.59 Å². The first-order valence-electron chi connectivity index (χ1n) is 11.2. The van der Waals surface area contributed by atoms with Gasteiger partial charge in [0.05, 0.1) is 19.6 Å². The van der Waals surface area contributed by atoms with Crippen molar-refractivity contribution >= 4 is 11.9 Å². The number of hydrogen-bond donors (Lipinski definition) is 0. The zero-order chi connectivity index (χ0) is 23.3. The molecule has 1 aliphatic heterocycles. The van der Waals surface area contributed by atoms with Crippen LogP contribution in [0.3, 0.4) is 0 Å². The second-order valence-electron chi connectivity index (χ2n) is 8.34. The summed E-state index contributed by atoms with van der Waals surface area (Å²) in [6, 6.07) is 9.59. The van der Waals surface area contributed by atoms with Crippen molar-refractivity contribution in [1.29, 1.82) is 0 Å². The van der Waals surface area contributed by atoms with Crippen LogP contribution in [0.1, 0.15) is 52.4 Å². The number of benzene rings is 2. The van der Waals surface area contributed by atoms with E-state index in [4.69, 9.17) is 14.2 Å². The third-order valence-electron chi connectivity index (χ3n) is 6.08. The van der Waals surface area contributed by atoms with E-state index in [1.165, 1.54) is 5.56 Å². The Morgan fingerprint density at radius 3 is 2.41 bits per heavy atom. The topological polar surface area (TPSA) is 65.1 Å². The van der Waals surface area contributed by atoms with Crippen LogP contribution < -0.4 is 9.47 Å². The molecule has 1 amide bonds. The average Bonchev–Trinajstić information content (AvgIpc) is 2.80. The maximum atomic E-state index is 13.1. The quantitative estimate of drug-likeness (QED) is 0.589. The van der Waals surface area contributed by atoms with Gasteiger partial charge in [-0.15, -0.1) is 0 Å². The fraction of sp³-hybridized carbons (Fsp3) is 0.462. The molecule has 0 atom stereocenters. The van der Waals surface area contributed by atoms with Crippen molar-refractivity contribution in [3.8, 4) is 11.5 Å². The minimum absolute atomic E-state index is 0.0428. The molecule has 0 aliphatic carbocycles. The van der Waals surface area contributed by atoms with Crippen LogP contribution in [0.25, 0.3) is 0 Å². The highest BCUT2D eigenvalue weighted by molar-refractivity contribution is 5.94. The fourth-order valence-electron chi connectivity index (χ4n) is 4.09. The van der Waals surface area contributed by atoms with Gasteiger partial charge in [0.15, 0.2) is 0 Å². The number of carbonyl (C=O) groups excluding carboxylic acids is 2. The molecule has 0 aromatic heterocycles. The Hall–Kier alpha value is -3.02. The first-order chi connectivity index (χ1) is 15.3. The number of aryl methyl sites for hydroxylation is 2. The van der Waals surface area contributed by atoms with Gasteiger partial charge in [-0.25, -0.2) is 0 Å². The zero-order valence-corrected chi connectivity index (χ0v) is 19.7. The summed E-state index contributed by atoms with van der Waals surface area (Å²) in [6.45, 7) is 9.74. The first-order valence-corrected chi connectivity index (χ1v) is 11.2. The molecule has 0 N–H and O–H groups in total. The molecule has 0 saturated carbocycles. The van der Waals surface area contributed by atoms with E-state index in [1.807, 2.05) is 39.0 Å². The van der Waals surface area contributed by atoms with E-state index in [-0.39, 0.29) is 17.8 Å². The molecule has 0 bridgehead atoms. The number of likely N-dealkylation sites (tertiary alicyclic amines) is 1. The lowest BCUT2D eigenvalue weighted by atomic mass is 9.96. The van der Waals surface area contributed by atoms with Crippen molar-refractivity contribution in [2.75, 3.05) is 26.8 Å². The van der Waals surface area contributed by atoms with E-state index >= 15 is 0 Å². The van der Waals surface area contributed by atoms with E-state index in [1.54, 1.807) is 18.1 Å². The van der Waals surface area contributed by atoms with Gasteiger partial charge in [-0.1, -0.05) is 6.07 Å². The molecule has 172 valence electrons. The predicted octanol–water partition coefficient (Wildman–Crippen LogP) is 4.61. The van der Waals surface area contributed by atoms with Crippen LogP contribution in [0.2, 0.25) is 0 Å². The molecule has 6 nitrogen and oxygen atoms in total. The van der Waals surface area contributed by atoms with Gasteiger partial charge in [0.1, 0.15) is 18.1 Å². The number of amides is 1. The van der Waals surface area contributed by atoms with E-state index in [0.717, 1.165) is 22.4 Å². The molecule has 0 radical (unpaired) electrons.